The maximum Gasteiger partial charge on any atom is 0.303 e. The Balaban J connectivity index is 1.53. The third kappa shape index (κ3) is 4.83. The Hall–Kier alpha value is -2.47. The molecule has 6 nitrogen and oxygen atoms in total. The van der Waals surface area contributed by atoms with Crippen LogP contribution in [0, 0.1) is 11.8 Å². The zero-order chi connectivity index (χ0) is 19.2. The molecule has 1 N–H and O–H groups in total. The summed E-state index contributed by atoms with van der Waals surface area (Å²) in [5, 5.41) is 9.66. The lowest BCUT2D eigenvalue weighted by Crippen LogP contribution is -2.24. The van der Waals surface area contributed by atoms with Crippen molar-refractivity contribution in [1.29, 1.82) is 0 Å². The predicted octanol–water partition coefficient (Wildman–Crippen LogP) is 3.41. The van der Waals surface area contributed by atoms with E-state index >= 15 is 0 Å². The van der Waals surface area contributed by atoms with Gasteiger partial charge in [-0.05, 0) is 43.4 Å². The van der Waals surface area contributed by atoms with Crippen LogP contribution in [-0.2, 0) is 25.5 Å². The van der Waals surface area contributed by atoms with Gasteiger partial charge in [0.15, 0.2) is 0 Å². The van der Waals surface area contributed by atoms with Crippen LogP contribution in [0.15, 0.2) is 34.9 Å². The van der Waals surface area contributed by atoms with Crippen LogP contribution in [0.3, 0.4) is 0 Å². The molecule has 0 radical (unpaired) electrons. The summed E-state index contributed by atoms with van der Waals surface area (Å²) in [5.74, 6) is -1.56. The number of furan rings is 1. The van der Waals surface area contributed by atoms with Gasteiger partial charge >= 0.3 is 5.97 Å². The normalized spacial score (nSPS) is 19.9. The Morgan fingerprint density at radius 2 is 1.96 bits per heavy atom. The van der Waals surface area contributed by atoms with Crippen molar-refractivity contribution in [2.75, 3.05) is 13.2 Å². The number of carbonyl (C=O) groups excluding carboxylic acids is 2. The van der Waals surface area contributed by atoms with E-state index in [0.29, 0.717) is 32.3 Å². The average Bonchev–Trinajstić information content (AvgIpc) is 3.21. The molecule has 3 rings (SSSR count). The number of aryl methyl sites for hydroxylation is 1. The highest BCUT2D eigenvalue weighted by Crippen LogP contribution is 2.31. The first-order valence-corrected chi connectivity index (χ1v) is 9.36. The van der Waals surface area contributed by atoms with Gasteiger partial charge in [0.1, 0.15) is 17.1 Å². The molecule has 1 fully saturated rings. The Morgan fingerprint density at radius 1 is 1.15 bits per heavy atom. The van der Waals surface area contributed by atoms with Crippen LogP contribution in [-0.4, -0.2) is 35.9 Å². The minimum absolute atomic E-state index is 0.00107. The van der Waals surface area contributed by atoms with Crippen LogP contribution in [0.5, 0.6) is 0 Å². The van der Waals surface area contributed by atoms with Crippen LogP contribution >= 0.6 is 0 Å². The number of benzene rings is 1. The van der Waals surface area contributed by atoms with Gasteiger partial charge in [-0.2, -0.15) is 0 Å². The third-order valence-corrected chi connectivity index (χ3v) is 5.20. The molecule has 2 aromatic rings. The zero-order valence-corrected chi connectivity index (χ0v) is 15.2. The standard InChI is InChI=1S/C21H24O6/c22-18-12-19(23)17(13-26-10-2-1-6-21(24)25)16(18)8-7-14-4-3-5-20-15(14)9-11-27-20/h3-5,9,11,16-17H,1-2,6-8,10,12-13H2,(H,24,25)/t16-,17-/m1/s1. The van der Waals surface area contributed by atoms with Gasteiger partial charge < -0.3 is 14.3 Å². The molecule has 1 heterocycles. The zero-order valence-electron chi connectivity index (χ0n) is 15.2. The number of carbonyl (C=O) groups is 3. The van der Waals surface area contributed by atoms with Crippen LogP contribution in [0.2, 0.25) is 0 Å². The van der Waals surface area contributed by atoms with Crippen molar-refractivity contribution in [1.82, 2.24) is 0 Å². The van der Waals surface area contributed by atoms with Crippen molar-refractivity contribution < 1.29 is 28.6 Å². The lowest BCUT2D eigenvalue weighted by molar-refractivity contribution is -0.137. The number of ether oxygens (including phenoxy) is 1. The van der Waals surface area contributed by atoms with E-state index in [1.807, 2.05) is 24.3 Å². The van der Waals surface area contributed by atoms with Gasteiger partial charge in [0, 0.05) is 24.3 Å². The smallest absolute Gasteiger partial charge is 0.303 e. The molecule has 0 bridgehead atoms. The fraction of sp³-hybridized carbons (Fsp3) is 0.476. The number of unbranched alkanes of at least 4 members (excludes halogenated alkanes) is 1. The van der Waals surface area contributed by atoms with E-state index in [2.05, 4.69) is 0 Å². The van der Waals surface area contributed by atoms with Crippen LogP contribution in [0.4, 0.5) is 0 Å². The maximum absolute atomic E-state index is 12.3. The first kappa shape index (κ1) is 19.3. The SMILES string of the molecule is O=C(O)CCCCOC[C@H]1C(=O)CC(=O)[C@@H]1CCc1cccc2occc12. The van der Waals surface area contributed by atoms with E-state index < -0.39 is 5.97 Å². The largest absolute Gasteiger partial charge is 0.481 e. The predicted molar refractivity (Wildman–Crippen MR) is 98.5 cm³/mol. The first-order valence-electron chi connectivity index (χ1n) is 9.36. The van der Waals surface area contributed by atoms with Crippen molar-refractivity contribution in [2.45, 2.75) is 38.5 Å². The molecule has 6 heteroatoms. The lowest BCUT2D eigenvalue weighted by atomic mass is 9.89. The number of Topliss-reactive ketones (excluding diaryl/α,β-unsaturated/α-hetero) is 2. The molecule has 144 valence electrons. The molecule has 0 spiro atoms. The molecular formula is C21H24O6. The molecule has 0 amide bonds. The summed E-state index contributed by atoms with van der Waals surface area (Å²) in [6, 6.07) is 7.78. The number of hydrogen-bond acceptors (Lipinski definition) is 5. The molecule has 0 unspecified atom stereocenters. The molecule has 0 saturated heterocycles. The molecule has 1 aliphatic carbocycles. The summed E-state index contributed by atoms with van der Waals surface area (Å²) in [4.78, 5) is 35.0. The highest BCUT2D eigenvalue weighted by atomic mass is 16.5. The Labute approximate surface area is 157 Å². The number of carboxylic acid groups (broad SMARTS) is 1. The first-order chi connectivity index (χ1) is 13.1. The second-order valence-electron chi connectivity index (χ2n) is 7.04. The third-order valence-electron chi connectivity index (χ3n) is 5.20. The molecule has 1 aliphatic rings. The summed E-state index contributed by atoms with van der Waals surface area (Å²) >= 11 is 0. The van der Waals surface area contributed by atoms with Crippen molar-refractivity contribution in [3.8, 4) is 0 Å². The fourth-order valence-corrected chi connectivity index (χ4v) is 3.73. The Kier molecular flexibility index (Phi) is 6.40. The van der Waals surface area contributed by atoms with Crippen molar-refractivity contribution in [3.63, 3.8) is 0 Å². The summed E-state index contributed by atoms with van der Waals surface area (Å²) < 4.78 is 11.0. The van der Waals surface area contributed by atoms with Crippen LogP contribution in [0.1, 0.15) is 37.7 Å². The van der Waals surface area contributed by atoms with Gasteiger partial charge in [0.25, 0.3) is 0 Å². The van der Waals surface area contributed by atoms with Gasteiger partial charge in [-0.3, -0.25) is 14.4 Å². The highest BCUT2D eigenvalue weighted by molar-refractivity contribution is 6.08. The van der Waals surface area contributed by atoms with E-state index in [1.165, 1.54) is 0 Å². The van der Waals surface area contributed by atoms with Gasteiger partial charge in [-0.25, -0.2) is 0 Å². The van der Waals surface area contributed by atoms with Crippen molar-refractivity contribution in [3.05, 3.63) is 36.1 Å². The fourth-order valence-electron chi connectivity index (χ4n) is 3.73. The maximum atomic E-state index is 12.3. The second-order valence-corrected chi connectivity index (χ2v) is 7.04. The average molecular weight is 372 g/mol. The summed E-state index contributed by atoms with van der Waals surface area (Å²) in [6.07, 6.45) is 4.26. The summed E-state index contributed by atoms with van der Waals surface area (Å²) in [5.41, 5.74) is 1.93. The topological polar surface area (TPSA) is 93.8 Å². The molecule has 27 heavy (non-hydrogen) atoms. The Bertz CT molecular complexity index is 821. The Morgan fingerprint density at radius 3 is 2.78 bits per heavy atom. The number of aliphatic carboxylic acids is 1. The quantitative estimate of drug-likeness (QED) is 0.507. The van der Waals surface area contributed by atoms with Crippen LogP contribution < -0.4 is 0 Å². The van der Waals surface area contributed by atoms with Crippen molar-refractivity contribution in [2.24, 2.45) is 11.8 Å². The number of carboxylic acids is 1. The summed E-state index contributed by atoms with van der Waals surface area (Å²) in [7, 11) is 0. The van der Waals surface area contributed by atoms with E-state index in [1.54, 1.807) is 6.26 Å². The molecule has 1 aromatic carbocycles. The lowest BCUT2D eigenvalue weighted by Gasteiger charge is -2.17. The van der Waals surface area contributed by atoms with E-state index in [-0.39, 0.29) is 42.9 Å². The molecule has 1 saturated carbocycles. The van der Waals surface area contributed by atoms with E-state index in [4.69, 9.17) is 14.3 Å². The summed E-state index contributed by atoms with van der Waals surface area (Å²) in [6.45, 7) is 0.643. The monoisotopic (exact) mass is 372 g/mol. The number of rotatable bonds is 10. The molecular weight excluding hydrogens is 348 g/mol. The van der Waals surface area contributed by atoms with Gasteiger partial charge in [0.05, 0.1) is 25.2 Å². The second kappa shape index (κ2) is 8.95. The number of hydrogen-bond donors (Lipinski definition) is 1. The molecule has 2 atom stereocenters. The van der Waals surface area contributed by atoms with E-state index in [9.17, 15) is 14.4 Å². The van der Waals surface area contributed by atoms with Crippen molar-refractivity contribution >= 4 is 28.5 Å². The number of ketones is 2. The number of fused-ring (bicyclic) bond motifs is 1. The minimum Gasteiger partial charge on any atom is -0.481 e. The van der Waals surface area contributed by atoms with E-state index in [0.717, 1.165) is 16.5 Å². The van der Waals surface area contributed by atoms with Gasteiger partial charge in [-0.1, -0.05) is 12.1 Å². The van der Waals surface area contributed by atoms with Crippen LogP contribution in [0.25, 0.3) is 11.0 Å². The van der Waals surface area contributed by atoms with Gasteiger partial charge in [0.2, 0.25) is 0 Å². The minimum atomic E-state index is -0.820. The van der Waals surface area contributed by atoms with Gasteiger partial charge in [-0.15, -0.1) is 0 Å². The highest BCUT2D eigenvalue weighted by Gasteiger charge is 2.40. The molecule has 1 aromatic heterocycles. The molecule has 0 aliphatic heterocycles.